The van der Waals surface area contributed by atoms with Gasteiger partial charge in [-0.25, -0.2) is 4.21 Å². The van der Waals surface area contributed by atoms with Crippen LogP contribution in [0.1, 0.15) is 6.42 Å². The molecule has 0 rings (SSSR count). The van der Waals surface area contributed by atoms with Crippen LogP contribution in [-0.4, -0.2) is 25.8 Å². The van der Waals surface area contributed by atoms with Crippen LogP contribution >= 0.6 is 0 Å². The first-order chi connectivity index (χ1) is 4.92. The van der Waals surface area contributed by atoms with Crippen molar-refractivity contribution < 1.29 is 16.6 Å². The van der Waals surface area contributed by atoms with Crippen LogP contribution in [-0.2, 0) is 15.3 Å². The van der Waals surface area contributed by atoms with Crippen LogP contribution in [0.2, 0.25) is 12.6 Å². The third-order valence-electron chi connectivity index (χ3n) is 1.01. The lowest BCUT2D eigenvalue weighted by Gasteiger charge is -2.04. The molecule has 6 heteroatoms. The minimum atomic E-state index is -3.91. The third-order valence-corrected chi connectivity index (χ3v) is 2.74. The van der Waals surface area contributed by atoms with Crippen molar-refractivity contribution in [1.82, 2.24) is 0 Å². The standard InChI is InChI=1S/C5H12F2O2SSi/c1-10(8)9-4-3-5-11(2,6)7/h3-5H2,1-2H3. The van der Waals surface area contributed by atoms with E-state index in [1.54, 1.807) is 0 Å². The second-order valence-electron chi connectivity index (χ2n) is 2.40. The number of hydrogen-bond acceptors (Lipinski definition) is 2. The molecule has 11 heavy (non-hydrogen) atoms. The van der Waals surface area contributed by atoms with E-state index in [0.717, 1.165) is 6.55 Å². The molecule has 68 valence electrons. The molecular formula is C5H12F2O2SSi. The molecule has 0 aromatic carbocycles. The van der Waals surface area contributed by atoms with Gasteiger partial charge in [0.2, 0.25) is 0 Å². The highest BCUT2D eigenvalue weighted by Gasteiger charge is 2.26. The van der Waals surface area contributed by atoms with Gasteiger partial charge in [0.1, 0.15) is 0 Å². The normalized spacial score (nSPS) is 14.9. The first kappa shape index (κ1) is 11.2. The molecular weight excluding hydrogens is 190 g/mol. The van der Waals surface area contributed by atoms with Crippen LogP contribution in [0, 0.1) is 0 Å². The van der Waals surface area contributed by atoms with Crippen LogP contribution in [0.4, 0.5) is 8.22 Å². The minimum Gasteiger partial charge on any atom is -0.291 e. The van der Waals surface area contributed by atoms with Gasteiger partial charge in [-0.2, -0.15) is 0 Å². The van der Waals surface area contributed by atoms with E-state index in [-0.39, 0.29) is 12.7 Å². The van der Waals surface area contributed by atoms with Crippen LogP contribution in [0.25, 0.3) is 0 Å². The molecule has 0 heterocycles. The highest BCUT2D eigenvalue weighted by atomic mass is 32.2. The summed E-state index contributed by atoms with van der Waals surface area (Å²) in [7, 11) is -3.91. The summed E-state index contributed by atoms with van der Waals surface area (Å²) in [6.45, 7) is 1.16. The van der Waals surface area contributed by atoms with Gasteiger partial charge in [-0.05, 0) is 13.0 Å². The van der Waals surface area contributed by atoms with E-state index >= 15 is 0 Å². The first-order valence-electron chi connectivity index (χ1n) is 3.26. The molecule has 0 aromatic heterocycles. The molecule has 0 saturated heterocycles. The van der Waals surface area contributed by atoms with E-state index in [1.807, 2.05) is 0 Å². The SMILES string of the molecule is CS(=O)OCCC[Si](C)(F)F. The monoisotopic (exact) mass is 202 g/mol. The van der Waals surface area contributed by atoms with Gasteiger partial charge in [0.15, 0.2) is 11.1 Å². The predicted octanol–water partition coefficient (Wildman–Crippen LogP) is 1.70. The zero-order valence-corrected chi connectivity index (χ0v) is 8.42. The van der Waals surface area contributed by atoms with Crippen molar-refractivity contribution >= 4 is 19.8 Å². The summed E-state index contributed by atoms with van der Waals surface area (Å²) < 4.78 is 39.4. The largest absolute Gasteiger partial charge is 0.422 e. The van der Waals surface area contributed by atoms with Crippen LogP contribution in [0.15, 0.2) is 0 Å². The maximum atomic E-state index is 12.3. The average Bonchev–Trinajstić information content (AvgIpc) is 1.78. The van der Waals surface area contributed by atoms with E-state index in [0.29, 0.717) is 6.42 Å². The molecule has 0 radical (unpaired) electrons. The fourth-order valence-electron chi connectivity index (χ4n) is 0.559. The highest BCUT2D eigenvalue weighted by Crippen LogP contribution is 2.14. The Morgan fingerprint density at radius 2 is 2.09 bits per heavy atom. The fraction of sp³-hybridized carbons (Fsp3) is 1.00. The Bertz CT molecular complexity index is 137. The van der Waals surface area contributed by atoms with Crippen LogP contribution in [0.5, 0.6) is 0 Å². The molecule has 1 unspecified atom stereocenters. The number of rotatable bonds is 5. The highest BCUT2D eigenvalue weighted by molar-refractivity contribution is 7.79. The van der Waals surface area contributed by atoms with E-state index in [1.165, 1.54) is 6.26 Å². The van der Waals surface area contributed by atoms with Crippen LogP contribution in [0.3, 0.4) is 0 Å². The van der Waals surface area contributed by atoms with Crippen molar-refractivity contribution in [3.8, 4) is 0 Å². The van der Waals surface area contributed by atoms with Gasteiger partial charge in [-0.3, -0.25) is 12.4 Å². The molecule has 2 nitrogen and oxygen atoms in total. The van der Waals surface area contributed by atoms with Crippen LogP contribution < -0.4 is 0 Å². The second-order valence-corrected chi connectivity index (χ2v) is 6.08. The van der Waals surface area contributed by atoms with Gasteiger partial charge in [-0.1, -0.05) is 0 Å². The summed E-state index contributed by atoms with van der Waals surface area (Å²) in [5.74, 6) is 0. The van der Waals surface area contributed by atoms with E-state index in [9.17, 15) is 12.4 Å². The van der Waals surface area contributed by atoms with Gasteiger partial charge in [-0.15, -0.1) is 0 Å². The van der Waals surface area contributed by atoms with Crippen molar-refractivity contribution in [3.63, 3.8) is 0 Å². The molecule has 0 aliphatic rings. The Balaban J connectivity index is 3.22. The Morgan fingerprint density at radius 1 is 1.55 bits per heavy atom. The number of halogens is 2. The summed E-state index contributed by atoms with van der Waals surface area (Å²) in [4.78, 5) is 0. The van der Waals surface area contributed by atoms with Gasteiger partial charge >= 0.3 is 8.74 Å². The smallest absolute Gasteiger partial charge is 0.291 e. The minimum absolute atomic E-state index is 0.0792. The fourth-order valence-corrected chi connectivity index (χ4v) is 1.68. The zero-order chi connectivity index (χ0) is 8.91. The molecule has 0 N–H and O–H groups in total. The lowest BCUT2D eigenvalue weighted by molar-refractivity contribution is 0.346. The quantitative estimate of drug-likeness (QED) is 0.385. The molecule has 0 fully saturated rings. The summed E-state index contributed by atoms with van der Waals surface area (Å²) in [6, 6.07) is -0.0792. The summed E-state index contributed by atoms with van der Waals surface area (Å²) in [5, 5.41) is 0. The second kappa shape index (κ2) is 4.94. The van der Waals surface area contributed by atoms with Crippen molar-refractivity contribution in [2.75, 3.05) is 12.9 Å². The maximum absolute atomic E-state index is 12.3. The van der Waals surface area contributed by atoms with Crippen molar-refractivity contribution in [3.05, 3.63) is 0 Å². The molecule has 0 bridgehead atoms. The van der Waals surface area contributed by atoms with Gasteiger partial charge in [0.05, 0.1) is 6.61 Å². The molecule has 0 amide bonds. The van der Waals surface area contributed by atoms with Gasteiger partial charge in [0, 0.05) is 12.3 Å². The molecule has 0 aliphatic carbocycles. The van der Waals surface area contributed by atoms with E-state index in [2.05, 4.69) is 4.18 Å². The summed E-state index contributed by atoms with van der Waals surface area (Å²) in [6.07, 6.45) is 1.68. The third kappa shape index (κ3) is 10.2. The van der Waals surface area contributed by atoms with Crippen molar-refractivity contribution in [2.45, 2.75) is 19.0 Å². The lowest BCUT2D eigenvalue weighted by atomic mass is 10.5. The Morgan fingerprint density at radius 3 is 2.45 bits per heavy atom. The summed E-state index contributed by atoms with van der Waals surface area (Å²) >= 11 is -1.32. The maximum Gasteiger partial charge on any atom is 0.422 e. The van der Waals surface area contributed by atoms with E-state index in [4.69, 9.17) is 0 Å². The topological polar surface area (TPSA) is 26.3 Å². The molecule has 0 saturated carbocycles. The molecule has 0 aliphatic heterocycles. The Hall–Kier alpha value is 0.187. The van der Waals surface area contributed by atoms with Gasteiger partial charge < -0.3 is 0 Å². The van der Waals surface area contributed by atoms with Gasteiger partial charge in [0.25, 0.3) is 0 Å². The summed E-state index contributed by atoms with van der Waals surface area (Å²) in [5.41, 5.74) is 0. The molecule has 0 spiro atoms. The molecule has 1 atom stereocenters. The predicted molar refractivity (Wildman–Crippen MR) is 43.3 cm³/mol. The Kier molecular flexibility index (Phi) is 5.03. The van der Waals surface area contributed by atoms with Crippen molar-refractivity contribution in [2.24, 2.45) is 0 Å². The zero-order valence-electron chi connectivity index (χ0n) is 6.60. The van der Waals surface area contributed by atoms with E-state index < -0.39 is 19.8 Å². The number of hydrogen-bond donors (Lipinski definition) is 0. The average molecular weight is 202 g/mol. The molecule has 0 aromatic rings. The Labute approximate surface area is 69.0 Å². The van der Waals surface area contributed by atoms with Crippen molar-refractivity contribution in [1.29, 1.82) is 0 Å². The first-order valence-corrected chi connectivity index (χ1v) is 7.21. The lowest BCUT2D eigenvalue weighted by Crippen LogP contribution is -2.16.